The molecule has 2 aromatic rings. The Morgan fingerprint density at radius 2 is 1.62 bits per heavy atom. The lowest BCUT2D eigenvalue weighted by Crippen LogP contribution is -2.25. The lowest BCUT2D eigenvalue weighted by molar-refractivity contribution is 0.413. The fourth-order valence-electron chi connectivity index (χ4n) is 4.84. The maximum atomic E-state index is 9.80. The number of ether oxygens (including phenoxy) is 1. The van der Waals surface area contributed by atoms with Crippen LogP contribution in [0.25, 0.3) is 11.6 Å². The summed E-state index contributed by atoms with van der Waals surface area (Å²) in [5, 5.41) is 39.1. The van der Waals surface area contributed by atoms with Gasteiger partial charge in [0.2, 0.25) is 0 Å². The summed E-state index contributed by atoms with van der Waals surface area (Å²) in [5.74, 6) is -0.918. The highest BCUT2D eigenvalue weighted by Gasteiger charge is 2.39. The molecule has 1 unspecified atom stereocenters. The van der Waals surface area contributed by atoms with Crippen LogP contribution < -0.4 is 9.64 Å². The van der Waals surface area contributed by atoms with E-state index in [0.29, 0.717) is 22.5 Å². The van der Waals surface area contributed by atoms with E-state index in [4.69, 9.17) is 4.74 Å². The van der Waals surface area contributed by atoms with Crippen molar-refractivity contribution in [3.05, 3.63) is 70.3 Å². The number of anilines is 1. The average Bonchev–Trinajstić information content (AvgIpc) is 3.24. The van der Waals surface area contributed by atoms with Crippen molar-refractivity contribution in [2.75, 3.05) is 25.1 Å². The summed E-state index contributed by atoms with van der Waals surface area (Å²) >= 11 is 0. The predicted molar refractivity (Wildman–Crippen MR) is 145 cm³/mol. The van der Waals surface area contributed by atoms with Crippen LogP contribution in [0.3, 0.4) is 0 Å². The van der Waals surface area contributed by atoms with E-state index in [1.54, 1.807) is 7.11 Å². The average molecular weight is 490 g/mol. The molecule has 0 amide bonds. The van der Waals surface area contributed by atoms with Crippen molar-refractivity contribution in [1.82, 2.24) is 0 Å². The van der Waals surface area contributed by atoms with Gasteiger partial charge in [-0.05, 0) is 47.8 Å². The summed E-state index contributed by atoms with van der Waals surface area (Å²) in [5.41, 5.74) is 4.33. The van der Waals surface area contributed by atoms with Gasteiger partial charge < -0.3 is 9.64 Å². The van der Waals surface area contributed by atoms with Gasteiger partial charge in [-0.2, -0.15) is 21.0 Å². The van der Waals surface area contributed by atoms with Crippen molar-refractivity contribution in [3.8, 4) is 30.0 Å². The molecular weight excluding hydrogens is 458 g/mol. The molecule has 0 spiro atoms. The van der Waals surface area contributed by atoms with Gasteiger partial charge in [0.25, 0.3) is 0 Å². The van der Waals surface area contributed by atoms with Gasteiger partial charge in [0, 0.05) is 41.9 Å². The lowest BCUT2D eigenvalue weighted by atomic mass is 9.84. The van der Waals surface area contributed by atoms with Crippen LogP contribution in [0.15, 0.2) is 53.6 Å². The van der Waals surface area contributed by atoms with Crippen LogP contribution >= 0.6 is 0 Å². The summed E-state index contributed by atoms with van der Waals surface area (Å²) in [4.78, 5) is 2.37. The number of fused-ring (bicyclic) bond motifs is 1. The number of unbranched alkanes of at least 4 members (excludes halogenated alkanes) is 2. The summed E-state index contributed by atoms with van der Waals surface area (Å²) < 4.78 is 5.78. The topological polar surface area (TPSA) is 108 Å². The highest BCUT2D eigenvalue weighted by Crippen LogP contribution is 2.51. The minimum atomic E-state index is -0.979. The summed E-state index contributed by atoms with van der Waals surface area (Å²) in [6, 6.07) is 21.6. The predicted octanol–water partition coefficient (Wildman–Crippen LogP) is 6.75. The van der Waals surface area contributed by atoms with Crippen LogP contribution in [-0.4, -0.2) is 20.2 Å². The Labute approximate surface area is 219 Å². The summed E-state index contributed by atoms with van der Waals surface area (Å²) in [6.45, 7) is 6.29. The second-order valence-corrected chi connectivity index (χ2v) is 8.99. The number of rotatable bonds is 10. The van der Waals surface area contributed by atoms with E-state index >= 15 is 0 Å². The third-order valence-electron chi connectivity index (χ3n) is 6.73. The van der Waals surface area contributed by atoms with E-state index in [9.17, 15) is 21.0 Å². The van der Waals surface area contributed by atoms with Crippen molar-refractivity contribution >= 4 is 17.3 Å². The second-order valence-electron chi connectivity index (χ2n) is 8.99. The first-order valence-electron chi connectivity index (χ1n) is 12.7. The zero-order valence-electron chi connectivity index (χ0n) is 21.7. The number of allylic oxidation sites excluding steroid dienone is 3. The van der Waals surface area contributed by atoms with E-state index in [0.717, 1.165) is 55.6 Å². The van der Waals surface area contributed by atoms with Crippen molar-refractivity contribution in [2.24, 2.45) is 5.92 Å². The SMILES string of the molecule is CCCCN(CCCC)c1ccc(/C=C2/C(=C(C#N)C#N)c3ccccc3C2C(C#N)C#N)c(OC)c1. The molecule has 37 heavy (non-hydrogen) atoms. The standard InChI is InChI=1S/C31H31N5O/c1-4-6-14-36(15-7-5-2)25-13-12-22(29(17-25)37-3)16-28-30(23(18-32)19-33)26-10-8-9-11-27(26)31(28)24(20-34)21-35/h8-13,16-17,23,30H,4-7,14-15H2,1-3H3/b28-16+. The lowest BCUT2D eigenvalue weighted by Gasteiger charge is -2.25. The summed E-state index contributed by atoms with van der Waals surface area (Å²) in [6.07, 6.45) is 6.28. The molecule has 186 valence electrons. The summed E-state index contributed by atoms with van der Waals surface area (Å²) in [7, 11) is 1.62. The Kier molecular flexibility index (Phi) is 9.49. The first-order chi connectivity index (χ1) is 18.1. The smallest absolute Gasteiger partial charge is 0.144 e. The molecule has 0 saturated heterocycles. The van der Waals surface area contributed by atoms with E-state index in [1.807, 2.05) is 54.6 Å². The van der Waals surface area contributed by atoms with Gasteiger partial charge in [-0.1, -0.05) is 51.0 Å². The fourth-order valence-corrected chi connectivity index (χ4v) is 4.84. The van der Waals surface area contributed by atoms with Gasteiger partial charge in [-0.3, -0.25) is 0 Å². The number of methoxy groups -OCH3 is 1. The van der Waals surface area contributed by atoms with Crippen molar-refractivity contribution in [2.45, 2.75) is 45.4 Å². The molecule has 6 nitrogen and oxygen atoms in total. The molecule has 1 atom stereocenters. The van der Waals surface area contributed by atoms with E-state index in [1.165, 1.54) is 0 Å². The Morgan fingerprint density at radius 3 is 2.19 bits per heavy atom. The largest absolute Gasteiger partial charge is 0.496 e. The minimum Gasteiger partial charge on any atom is -0.496 e. The molecule has 0 bridgehead atoms. The van der Waals surface area contributed by atoms with Crippen LogP contribution in [0.4, 0.5) is 5.69 Å². The minimum absolute atomic E-state index is 0.0447. The van der Waals surface area contributed by atoms with Crippen LogP contribution in [0.2, 0.25) is 0 Å². The number of hydrogen-bond acceptors (Lipinski definition) is 6. The van der Waals surface area contributed by atoms with Gasteiger partial charge in [0.05, 0.1) is 19.2 Å². The number of nitriles is 4. The molecule has 0 radical (unpaired) electrons. The molecule has 0 aliphatic heterocycles. The van der Waals surface area contributed by atoms with Gasteiger partial charge in [0.15, 0.2) is 0 Å². The highest BCUT2D eigenvalue weighted by molar-refractivity contribution is 5.97. The van der Waals surface area contributed by atoms with Gasteiger partial charge in [-0.15, -0.1) is 0 Å². The highest BCUT2D eigenvalue weighted by atomic mass is 16.5. The van der Waals surface area contributed by atoms with E-state index < -0.39 is 11.8 Å². The molecule has 1 aliphatic carbocycles. The molecule has 0 fully saturated rings. The number of benzene rings is 2. The maximum absolute atomic E-state index is 9.80. The molecule has 0 heterocycles. The molecule has 0 aromatic heterocycles. The van der Waals surface area contributed by atoms with Gasteiger partial charge >= 0.3 is 0 Å². The molecule has 6 heteroatoms. The molecule has 3 rings (SSSR count). The molecule has 1 aliphatic rings. The van der Waals surface area contributed by atoms with E-state index in [2.05, 4.69) is 37.0 Å². The van der Waals surface area contributed by atoms with Crippen LogP contribution in [0, 0.1) is 51.2 Å². The zero-order valence-corrected chi connectivity index (χ0v) is 21.7. The Hall–Kier alpha value is -4.52. The quantitative estimate of drug-likeness (QED) is 0.342. The van der Waals surface area contributed by atoms with Crippen LogP contribution in [-0.2, 0) is 0 Å². The normalized spacial score (nSPS) is 14.9. The Morgan fingerprint density at radius 1 is 0.973 bits per heavy atom. The Bertz CT molecular complexity index is 1320. The molecular formula is C31H31N5O. The molecule has 0 saturated carbocycles. The third kappa shape index (κ3) is 5.67. The van der Waals surface area contributed by atoms with Crippen LogP contribution in [0.5, 0.6) is 5.75 Å². The maximum Gasteiger partial charge on any atom is 0.144 e. The number of hydrogen-bond donors (Lipinski definition) is 0. The molecule has 0 N–H and O–H groups in total. The monoisotopic (exact) mass is 489 g/mol. The van der Waals surface area contributed by atoms with Crippen LogP contribution in [0.1, 0.15) is 62.1 Å². The molecule has 2 aromatic carbocycles. The first kappa shape index (κ1) is 27.1. The fraction of sp³-hybridized carbons (Fsp3) is 0.355. The Balaban J connectivity index is 2.21. The van der Waals surface area contributed by atoms with Crippen molar-refractivity contribution in [3.63, 3.8) is 0 Å². The van der Waals surface area contributed by atoms with E-state index in [-0.39, 0.29) is 5.57 Å². The second kappa shape index (κ2) is 13.0. The van der Waals surface area contributed by atoms with Gasteiger partial charge in [-0.25, -0.2) is 0 Å². The third-order valence-corrected chi connectivity index (χ3v) is 6.73. The van der Waals surface area contributed by atoms with Crippen molar-refractivity contribution < 1.29 is 4.74 Å². The zero-order chi connectivity index (χ0) is 26.8. The van der Waals surface area contributed by atoms with Crippen molar-refractivity contribution in [1.29, 1.82) is 21.0 Å². The first-order valence-corrected chi connectivity index (χ1v) is 12.7. The number of nitrogens with zero attached hydrogens (tertiary/aromatic N) is 5. The van der Waals surface area contributed by atoms with Gasteiger partial charge in [0.1, 0.15) is 29.4 Å².